The molecule has 2 atom stereocenters. The van der Waals surface area contributed by atoms with Gasteiger partial charge in [0.05, 0.1) is 6.04 Å². The summed E-state index contributed by atoms with van der Waals surface area (Å²) >= 11 is 1.90. The lowest BCUT2D eigenvalue weighted by atomic mass is 9.72. The molecule has 0 bridgehead atoms. The summed E-state index contributed by atoms with van der Waals surface area (Å²) in [6.45, 7) is 7.28. The highest BCUT2D eigenvalue weighted by Crippen LogP contribution is 2.54. The standard InChI is InChI=1S/C52H41NS/c1-34-48(31-30-44-42-18-10-12-20-47(42)52(2,3)50(34)44)53(40-28-26-38(27-29-40)37-24-22-36(23-25-37)35-14-6-4-7-15-35)41-32-45(39-16-8-5-9-17-39)51-46(33-41)43-19-11-13-21-49(43)54-51/h4-34,48H,1-3H3. The van der Waals surface area contributed by atoms with Gasteiger partial charge in [-0.05, 0) is 80.4 Å². The van der Waals surface area contributed by atoms with Crippen LogP contribution < -0.4 is 4.90 Å². The van der Waals surface area contributed by atoms with E-state index in [4.69, 9.17) is 0 Å². The van der Waals surface area contributed by atoms with Gasteiger partial charge in [0.25, 0.3) is 0 Å². The van der Waals surface area contributed by atoms with Gasteiger partial charge in [-0.25, -0.2) is 0 Å². The monoisotopic (exact) mass is 711 g/mol. The molecule has 54 heavy (non-hydrogen) atoms. The van der Waals surface area contributed by atoms with Gasteiger partial charge in [-0.1, -0.05) is 172 Å². The molecule has 1 nitrogen and oxygen atoms in total. The van der Waals surface area contributed by atoms with E-state index in [9.17, 15) is 0 Å². The first-order valence-electron chi connectivity index (χ1n) is 19.0. The van der Waals surface area contributed by atoms with E-state index < -0.39 is 0 Å². The van der Waals surface area contributed by atoms with Crippen LogP contribution in [-0.4, -0.2) is 6.04 Å². The molecule has 2 unspecified atom stereocenters. The third-order valence-corrected chi connectivity index (χ3v) is 13.1. The van der Waals surface area contributed by atoms with E-state index in [2.05, 4.69) is 208 Å². The van der Waals surface area contributed by atoms with Crippen LogP contribution in [0.1, 0.15) is 31.9 Å². The van der Waals surface area contributed by atoms with Gasteiger partial charge in [0.1, 0.15) is 0 Å². The quantitative estimate of drug-likeness (QED) is 0.166. The molecule has 0 saturated heterocycles. The number of benzene rings is 7. The fourth-order valence-electron chi connectivity index (χ4n) is 9.30. The molecule has 1 heterocycles. The number of anilines is 2. The molecule has 1 aromatic heterocycles. The molecular formula is C52H41NS. The largest absolute Gasteiger partial charge is 0.334 e. The van der Waals surface area contributed by atoms with Crippen molar-refractivity contribution in [3.63, 3.8) is 0 Å². The minimum Gasteiger partial charge on any atom is -0.334 e. The van der Waals surface area contributed by atoms with Gasteiger partial charge in [-0.15, -0.1) is 11.3 Å². The molecule has 8 aromatic rings. The Morgan fingerprint density at radius 1 is 0.519 bits per heavy atom. The third kappa shape index (κ3) is 5.28. The lowest BCUT2D eigenvalue weighted by molar-refractivity contribution is 0.488. The molecule has 0 N–H and O–H groups in total. The topological polar surface area (TPSA) is 3.24 Å². The van der Waals surface area contributed by atoms with Gasteiger partial charge >= 0.3 is 0 Å². The lowest BCUT2D eigenvalue weighted by Crippen LogP contribution is -2.40. The van der Waals surface area contributed by atoms with E-state index in [1.165, 1.54) is 87.2 Å². The first kappa shape index (κ1) is 32.7. The van der Waals surface area contributed by atoms with Crippen molar-refractivity contribution in [2.75, 3.05) is 4.90 Å². The van der Waals surface area contributed by atoms with Crippen molar-refractivity contribution in [3.8, 4) is 33.4 Å². The van der Waals surface area contributed by atoms with Crippen LogP contribution in [0.3, 0.4) is 0 Å². The van der Waals surface area contributed by atoms with Crippen molar-refractivity contribution in [1.29, 1.82) is 0 Å². The fourth-order valence-corrected chi connectivity index (χ4v) is 10.5. The van der Waals surface area contributed by atoms with Crippen molar-refractivity contribution >= 4 is 48.5 Å². The van der Waals surface area contributed by atoms with E-state index in [1.807, 2.05) is 11.3 Å². The van der Waals surface area contributed by atoms with Crippen LogP contribution in [-0.2, 0) is 5.41 Å². The number of nitrogens with zero attached hydrogens (tertiary/aromatic N) is 1. The SMILES string of the molecule is CC1C2=C(C=CC1N(c1ccc(-c3ccc(-c4ccccc4)cc3)cc1)c1cc(-c3ccccc3)c3sc4ccccc4c3c1)c1ccccc1C2(C)C. The van der Waals surface area contributed by atoms with Gasteiger partial charge in [0.15, 0.2) is 0 Å². The summed E-state index contributed by atoms with van der Waals surface area (Å²) in [4.78, 5) is 2.62. The zero-order valence-corrected chi connectivity index (χ0v) is 31.6. The van der Waals surface area contributed by atoms with Gasteiger partial charge in [0.2, 0.25) is 0 Å². The Bertz CT molecular complexity index is 2730. The van der Waals surface area contributed by atoms with Gasteiger partial charge in [-0.2, -0.15) is 0 Å². The Hall–Kier alpha value is -5.96. The molecule has 10 rings (SSSR count). The summed E-state index contributed by atoms with van der Waals surface area (Å²) in [5.74, 6) is 0.271. The van der Waals surface area contributed by atoms with Gasteiger partial charge in [-0.3, -0.25) is 0 Å². The van der Waals surface area contributed by atoms with Crippen molar-refractivity contribution in [1.82, 2.24) is 0 Å². The van der Waals surface area contributed by atoms with Crippen LogP contribution >= 0.6 is 11.3 Å². The smallest absolute Gasteiger partial charge is 0.0588 e. The normalized spacial score (nSPS) is 17.2. The Labute approximate surface area is 322 Å². The van der Waals surface area contributed by atoms with Crippen LogP contribution in [0.5, 0.6) is 0 Å². The van der Waals surface area contributed by atoms with E-state index in [0.29, 0.717) is 0 Å². The predicted molar refractivity (Wildman–Crippen MR) is 233 cm³/mol. The van der Waals surface area contributed by atoms with Crippen molar-refractivity contribution in [3.05, 3.63) is 199 Å². The van der Waals surface area contributed by atoms with Crippen molar-refractivity contribution in [2.24, 2.45) is 5.92 Å². The van der Waals surface area contributed by atoms with Crippen LogP contribution in [0.25, 0.3) is 59.1 Å². The second-order valence-electron chi connectivity index (χ2n) is 15.3. The zero-order valence-electron chi connectivity index (χ0n) is 30.8. The first-order chi connectivity index (χ1) is 26.5. The highest BCUT2D eigenvalue weighted by molar-refractivity contribution is 7.26. The lowest BCUT2D eigenvalue weighted by Gasteiger charge is -2.41. The maximum absolute atomic E-state index is 2.62. The first-order valence-corrected chi connectivity index (χ1v) is 19.9. The molecule has 0 fully saturated rings. The summed E-state index contributed by atoms with van der Waals surface area (Å²) < 4.78 is 2.66. The summed E-state index contributed by atoms with van der Waals surface area (Å²) in [5.41, 5.74) is 15.5. The summed E-state index contributed by atoms with van der Waals surface area (Å²) in [6.07, 6.45) is 4.88. The zero-order chi connectivity index (χ0) is 36.4. The number of allylic oxidation sites excluding steroid dienone is 2. The van der Waals surface area contributed by atoms with E-state index >= 15 is 0 Å². The number of hydrogen-bond acceptors (Lipinski definition) is 2. The number of hydrogen-bond donors (Lipinski definition) is 0. The van der Waals surface area contributed by atoms with E-state index in [1.54, 1.807) is 0 Å². The summed E-state index contributed by atoms with van der Waals surface area (Å²) in [5, 5.41) is 2.63. The number of fused-ring (bicyclic) bond motifs is 5. The Morgan fingerprint density at radius 3 is 1.80 bits per heavy atom. The van der Waals surface area contributed by atoms with Crippen LogP contribution in [0.15, 0.2) is 188 Å². The molecule has 0 spiro atoms. The molecule has 260 valence electrons. The molecule has 0 aliphatic heterocycles. The summed E-state index contributed by atoms with van der Waals surface area (Å²) in [6, 6.07) is 62.7. The minimum atomic E-state index is -0.0570. The number of rotatable bonds is 6. The van der Waals surface area contributed by atoms with Crippen LogP contribution in [0, 0.1) is 5.92 Å². The molecule has 0 radical (unpaired) electrons. The predicted octanol–water partition coefficient (Wildman–Crippen LogP) is 14.5. The average Bonchev–Trinajstić information content (AvgIpc) is 3.71. The molecule has 7 aromatic carbocycles. The maximum Gasteiger partial charge on any atom is 0.0588 e. The highest BCUT2D eigenvalue weighted by Gasteiger charge is 2.44. The van der Waals surface area contributed by atoms with Crippen molar-refractivity contribution in [2.45, 2.75) is 32.2 Å². The van der Waals surface area contributed by atoms with Gasteiger partial charge in [0, 0.05) is 48.4 Å². The average molecular weight is 712 g/mol. The molecule has 0 saturated carbocycles. The van der Waals surface area contributed by atoms with Gasteiger partial charge < -0.3 is 4.90 Å². The molecule has 0 amide bonds. The molecule has 2 heteroatoms. The number of thiophene rings is 1. The van der Waals surface area contributed by atoms with E-state index in [0.717, 1.165) is 0 Å². The Morgan fingerprint density at radius 2 is 1.09 bits per heavy atom. The van der Waals surface area contributed by atoms with E-state index in [-0.39, 0.29) is 17.4 Å². The van der Waals surface area contributed by atoms with Crippen LogP contribution in [0.2, 0.25) is 0 Å². The summed E-state index contributed by atoms with van der Waals surface area (Å²) in [7, 11) is 0. The Kier molecular flexibility index (Phi) is 7.78. The molecule has 2 aliphatic carbocycles. The second-order valence-corrected chi connectivity index (χ2v) is 16.4. The second kappa shape index (κ2) is 12.9. The third-order valence-electron chi connectivity index (χ3n) is 11.9. The fraction of sp³-hybridized carbons (Fsp3) is 0.115. The molecule has 2 aliphatic rings. The highest BCUT2D eigenvalue weighted by atomic mass is 32.1. The van der Waals surface area contributed by atoms with Crippen LogP contribution in [0.4, 0.5) is 11.4 Å². The van der Waals surface area contributed by atoms with Crippen molar-refractivity contribution < 1.29 is 0 Å². The maximum atomic E-state index is 2.62. The Balaban J connectivity index is 1.13. The molecular weight excluding hydrogens is 671 g/mol. The minimum absolute atomic E-state index is 0.0570.